The fourth-order valence-electron chi connectivity index (χ4n) is 4.70. The molecular weight excluding hydrogens is 422 g/mol. The zero-order valence-electron chi connectivity index (χ0n) is 21.7. The van der Waals surface area contributed by atoms with Gasteiger partial charge in [-0.3, -0.25) is 4.79 Å². The van der Waals surface area contributed by atoms with Crippen molar-refractivity contribution >= 4 is 16.9 Å². The van der Waals surface area contributed by atoms with Crippen molar-refractivity contribution in [3.8, 4) is 5.75 Å². The molecule has 0 aliphatic carbocycles. The zero-order valence-corrected chi connectivity index (χ0v) is 21.7. The first kappa shape index (κ1) is 28.3. The van der Waals surface area contributed by atoms with Gasteiger partial charge in [-0.1, -0.05) is 110 Å². The molecule has 1 amide bonds. The van der Waals surface area contributed by atoms with Gasteiger partial charge in [0.1, 0.15) is 11.3 Å². The molecule has 0 aliphatic heterocycles. The van der Waals surface area contributed by atoms with Crippen LogP contribution in [0.1, 0.15) is 128 Å². The lowest BCUT2D eigenvalue weighted by Crippen LogP contribution is -2.25. The van der Waals surface area contributed by atoms with Gasteiger partial charge in [-0.15, -0.1) is 0 Å². The van der Waals surface area contributed by atoms with Gasteiger partial charge in [-0.2, -0.15) is 0 Å². The van der Waals surface area contributed by atoms with E-state index in [0.29, 0.717) is 19.4 Å². The van der Waals surface area contributed by atoms with Crippen LogP contribution in [-0.2, 0) is 11.2 Å². The van der Waals surface area contributed by atoms with Gasteiger partial charge in [0, 0.05) is 23.9 Å². The summed E-state index contributed by atoms with van der Waals surface area (Å²) in [4.78, 5) is 12.1. The molecule has 1 aromatic carbocycles. The van der Waals surface area contributed by atoms with Gasteiger partial charge in [0.2, 0.25) is 5.91 Å². The molecule has 0 spiro atoms. The van der Waals surface area contributed by atoms with Gasteiger partial charge in [0.15, 0.2) is 0 Å². The van der Waals surface area contributed by atoms with Crippen LogP contribution < -0.4 is 5.32 Å². The number of unbranched alkanes of at least 4 members (excludes halogenated alkanes) is 16. The SMILES string of the molecule is CCCCCCCCCCCCCCCCCCCC(=O)NCCc1coc2ccc(O)cc12. The highest BCUT2D eigenvalue weighted by Gasteiger charge is 2.07. The van der Waals surface area contributed by atoms with Crippen LogP contribution in [0.2, 0.25) is 0 Å². The molecule has 0 atom stereocenters. The molecule has 0 bridgehead atoms. The normalized spacial score (nSPS) is 11.3. The lowest BCUT2D eigenvalue weighted by atomic mass is 10.0. The molecule has 0 radical (unpaired) electrons. The van der Waals surface area contributed by atoms with E-state index in [-0.39, 0.29) is 11.7 Å². The topological polar surface area (TPSA) is 62.5 Å². The molecule has 2 N–H and O–H groups in total. The molecule has 4 nitrogen and oxygen atoms in total. The number of rotatable bonds is 21. The maximum atomic E-state index is 12.1. The van der Waals surface area contributed by atoms with Crippen molar-refractivity contribution < 1.29 is 14.3 Å². The molecule has 1 heterocycles. The smallest absolute Gasteiger partial charge is 0.220 e. The second-order valence-corrected chi connectivity index (χ2v) is 9.95. The minimum absolute atomic E-state index is 0.136. The molecule has 0 fully saturated rings. The number of furan rings is 1. The molecular formula is C30H49NO3. The van der Waals surface area contributed by atoms with Crippen LogP contribution in [0.5, 0.6) is 5.75 Å². The first-order valence-corrected chi connectivity index (χ1v) is 14.2. The monoisotopic (exact) mass is 471 g/mol. The van der Waals surface area contributed by atoms with E-state index in [9.17, 15) is 9.90 Å². The summed E-state index contributed by atoms with van der Waals surface area (Å²) in [5.74, 6) is 0.370. The molecule has 4 heteroatoms. The summed E-state index contributed by atoms with van der Waals surface area (Å²) in [6, 6.07) is 5.11. The Morgan fingerprint density at radius 3 is 1.88 bits per heavy atom. The Bertz CT molecular complexity index is 782. The van der Waals surface area contributed by atoms with Crippen molar-refractivity contribution in [2.45, 2.75) is 129 Å². The van der Waals surface area contributed by atoms with Gasteiger partial charge in [-0.05, 0) is 31.0 Å². The lowest BCUT2D eigenvalue weighted by Gasteiger charge is -2.05. The largest absolute Gasteiger partial charge is 0.508 e. The number of fused-ring (bicyclic) bond motifs is 1. The molecule has 34 heavy (non-hydrogen) atoms. The number of carbonyl (C=O) groups excluding carboxylic acids is 1. The second kappa shape index (κ2) is 18.4. The van der Waals surface area contributed by atoms with Crippen molar-refractivity contribution in [1.29, 1.82) is 0 Å². The van der Waals surface area contributed by atoms with Crippen LogP contribution in [0.3, 0.4) is 0 Å². The van der Waals surface area contributed by atoms with Gasteiger partial charge < -0.3 is 14.8 Å². The molecule has 0 aliphatic rings. The van der Waals surface area contributed by atoms with Crippen LogP contribution in [0.15, 0.2) is 28.9 Å². The third-order valence-electron chi connectivity index (χ3n) is 6.86. The average Bonchev–Trinajstić information content (AvgIpc) is 3.23. The zero-order chi connectivity index (χ0) is 24.3. The van der Waals surface area contributed by atoms with Gasteiger partial charge in [0.25, 0.3) is 0 Å². The van der Waals surface area contributed by atoms with E-state index in [4.69, 9.17) is 4.42 Å². The van der Waals surface area contributed by atoms with Gasteiger partial charge in [0.05, 0.1) is 6.26 Å². The number of hydrogen-bond acceptors (Lipinski definition) is 3. The van der Waals surface area contributed by atoms with E-state index in [1.807, 2.05) is 0 Å². The summed E-state index contributed by atoms with van der Waals surface area (Å²) in [7, 11) is 0. The predicted octanol–water partition coefficient (Wildman–Crippen LogP) is 8.84. The summed E-state index contributed by atoms with van der Waals surface area (Å²) in [6.45, 7) is 2.88. The Morgan fingerprint density at radius 2 is 1.32 bits per heavy atom. The number of phenols is 1. The van der Waals surface area contributed by atoms with E-state index in [1.165, 1.54) is 96.3 Å². The molecule has 0 unspecified atom stereocenters. The van der Waals surface area contributed by atoms with Crippen molar-refractivity contribution in [3.63, 3.8) is 0 Å². The minimum Gasteiger partial charge on any atom is -0.508 e. The Labute approximate surface area is 207 Å². The third-order valence-corrected chi connectivity index (χ3v) is 6.86. The molecule has 2 aromatic rings. The van der Waals surface area contributed by atoms with E-state index in [2.05, 4.69) is 12.2 Å². The number of hydrogen-bond donors (Lipinski definition) is 2. The number of amides is 1. The summed E-state index contributed by atoms with van der Waals surface area (Å²) < 4.78 is 5.50. The van der Waals surface area contributed by atoms with Crippen molar-refractivity contribution in [3.05, 3.63) is 30.0 Å². The summed E-state index contributed by atoms with van der Waals surface area (Å²) in [5, 5.41) is 13.6. The number of carbonyl (C=O) groups is 1. The quantitative estimate of drug-likeness (QED) is 0.179. The first-order chi connectivity index (χ1) is 16.7. The minimum atomic E-state index is 0.136. The number of nitrogens with one attached hydrogen (secondary N) is 1. The fourth-order valence-corrected chi connectivity index (χ4v) is 4.70. The Hall–Kier alpha value is -1.97. The van der Waals surface area contributed by atoms with Crippen LogP contribution in [0.25, 0.3) is 11.0 Å². The Balaban J connectivity index is 1.33. The highest BCUT2D eigenvalue weighted by atomic mass is 16.3. The Kier molecular flexibility index (Phi) is 15.3. The fraction of sp³-hybridized carbons (Fsp3) is 0.700. The number of aromatic hydroxyl groups is 1. The maximum Gasteiger partial charge on any atom is 0.220 e. The summed E-state index contributed by atoms with van der Waals surface area (Å²) >= 11 is 0. The molecule has 0 saturated carbocycles. The van der Waals surface area contributed by atoms with Crippen LogP contribution in [0.4, 0.5) is 0 Å². The van der Waals surface area contributed by atoms with Crippen LogP contribution in [0, 0.1) is 0 Å². The highest BCUT2D eigenvalue weighted by molar-refractivity contribution is 5.82. The molecule has 0 saturated heterocycles. The number of phenolic OH excluding ortho intramolecular Hbond substituents is 1. The van der Waals surface area contributed by atoms with E-state index in [1.54, 1.807) is 24.5 Å². The second-order valence-electron chi connectivity index (χ2n) is 9.95. The van der Waals surface area contributed by atoms with Gasteiger partial charge in [-0.25, -0.2) is 0 Å². The number of benzene rings is 1. The summed E-state index contributed by atoms with van der Waals surface area (Å²) in [6.07, 6.45) is 26.0. The van der Waals surface area contributed by atoms with E-state index < -0.39 is 0 Å². The van der Waals surface area contributed by atoms with E-state index >= 15 is 0 Å². The van der Waals surface area contributed by atoms with Gasteiger partial charge >= 0.3 is 0 Å². The van der Waals surface area contributed by atoms with Crippen molar-refractivity contribution in [2.24, 2.45) is 0 Å². The Morgan fingerprint density at radius 1 is 0.794 bits per heavy atom. The lowest BCUT2D eigenvalue weighted by molar-refractivity contribution is -0.121. The summed E-state index contributed by atoms with van der Waals surface area (Å²) in [5.41, 5.74) is 1.78. The molecule has 2 rings (SSSR count). The van der Waals surface area contributed by atoms with Crippen LogP contribution in [-0.4, -0.2) is 17.6 Å². The predicted molar refractivity (Wildman–Crippen MR) is 143 cm³/mol. The average molecular weight is 472 g/mol. The third kappa shape index (κ3) is 12.5. The first-order valence-electron chi connectivity index (χ1n) is 14.2. The van der Waals surface area contributed by atoms with Crippen molar-refractivity contribution in [1.82, 2.24) is 5.32 Å². The molecule has 1 aromatic heterocycles. The van der Waals surface area contributed by atoms with Crippen LogP contribution >= 0.6 is 0 Å². The highest BCUT2D eigenvalue weighted by Crippen LogP contribution is 2.25. The van der Waals surface area contributed by atoms with Crippen molar-refractivity contribution in [2.75, 3.05) is 6.54 Å². The molecule has 192 valence electrons. The maximum absolute atomic E-state index is 12.1. The van der Waals surface area contributed by atoms with E-state index in [0.717, 1.165) is 29.4 Å². The standard InChI is InChI=1S/C30H49NO3/c1-2-3-4-5-6-7-8-9-10-11-12-13-14-15-16-17-18-19-30(33)31-23-22-26-25-34-29-21-20-27(32)24-28(26)29/h20-21,24-25,32H,2-19,22-23H2,1H3,(H,31,33).